The summed E-state index contributed by atoms with van der Waals surface area (Å²) in [5, 5.41) is 18.2. The summed E-state index contributed by atoms with van der Waals surface area (Å²) in [5.74, 6) is -3.37. The van der Waals surface area contributed by atoms with Crippen molar-refractivity contribution < 1.29 is 19.7 Å². The van der Waals surface area contributed by atoms with Gasteiger partial charge >= 0.3 is 11.9 Å². The lowest BCUT2D eigenvalue weighted by Gasteiger charge is -2.21. The van der Waals surface area contributed by atoms with Gasteiger partial charge in [-0.1, -0.05) is 6.92 Å². The van der Waals surface area contributed by atoms with Gasteiger partial charge in [0.25, 0.3) is 0 Å². The zero-order chi connectivity index (χ0) is 13.5. The maximum Gasteiger partial charge on any atom is 0.327 e. The standard InChI is InChI=1S/C9H20N4O4/c1-2-9(15,16)17-7(14)6(10)4-3-5-13-8(11)12/h6,15-16H,2-5,10H2,1H3,(H4,11,12,13)/t6-/m0/s1. The molecule has 0 aliphatic carbocycles. The van der Waals surface area contributed by atoms with Crippen molar-refractivity contribution in [2.45, 2.75) is 38.2 Å². The fourth-order valence-electron chi connectivity index (χ4n) is 0.946. The van der Waals surface area contributed by atoms with Crippen LogP contribution in [0.25, 0.3) is 0 Å². The van der Waals surface area contributed by atoms with Gasteiger partial charge in [-0.25, -0.2) is 0 Å². The zero-order valence-corrected chi connectivity index (χ0v) is 9.80. The third-order valence-electron chi connectivity index (χ3n) is 1.99. The molecule has 0 saturated heterocycles. The van der Waals surface area contributed by atoms with Crippen LogP contribution in [0, 0.1) is 0 Å². The van der Waals surface area contributed by atoms with Crippen LogP contribution in [-0.4, -0.2) is 40.7 Å². The van der Waals surface area contributed by atoms with Crippen LogP contribution >= 0.6 is 0 Å². The molecule has 8 heteroatoms. The lowest BCUT2D eigenvalue weighted by Crippen LogP contribution is -2.41. The van der Waals surface area contributed by atoms with E-state index in [2.05, 4.69) is 9.73 Å². The van der Waals surface area contributed by atoms with E-state index >= 15 is 0 Å². The topological polar surface area (TPSA) is 157 Å². The Hall–Kier alpha value is -1.38. The van der Waals surface area contributed by atoms with Gasteiger partial charge in [-0.05, 0) is 12.8 Å². The number of aliphatic hydroxyl groups is 2. The van der Waals surface area contributed by atoms with E-state index in [-0.39, 0.29) is 18.8 Å². The Morgan fingerprint density at radius 2 is 2.06 bits per heavy atom. The third kappa shape index (κ3) is 7.50. The molecule has 8 nitrogen and oxygen atoms in total. The Bertz CT molecular complexity index is 276. The van der Waals surface area contributed by atoms with Crippen LogP contribution in [0.2, 0.25) is 0 Å². The van der Waals surface area contributed by atoms with Crippen LogP contribution in [0.15, 0.2) is 4.99 Å². The number of aliphatic imine (C=N–C) groups is 1. The third-order valence-corrected chi connectivity index (χ3v) is 1.99. The highest BCUT2D eigenvalue weighted by Gasteiger charge is 2.28. The van der Waals surface area contributed by atoms with E-state index < -0.39 is 18.0 Å². The van der Waals surface area contributed by atoms with Crippen molar-refractivity contribution in [2.24, 2.45) is 22.2 Å². The Morgan fingerprint density at radius 3 is 2.53 bits per heavy atom. The molecule has 0 aliphatic heterocycles. The van der Waals surface area contributed by atoms with Gasteiger partial charge in [0.2, 0.25) is 0 Å². The maximum absolute atomic E-state index is 11.3. The smallest absolute Gasteiger partial charge is 0.327 e. The molecule has 100 valence electrons. The molecular formula is C9H20N4O4. The monoisotopic (exact) mass is 248 g/mol. The van der Waals surface area contributed by atoms with Gasteiger partial charge in [-0.3, -0.25) is 9.79 Å². The Labute approximate surface area is 99.4 Å². The lowest BCUT2D eigenvalue weighted by molar-refractivity contribution is -0.320. The van der Waals surface area contributed by atoms with E-state index in [9.17, 15) is 4.79 Å². The van der Waals surface area contributed by atoms with E-state index in [4.69, 9.17) is 27.4 Å². The molecule has 0 aromatic heterocycles. The summed E-state index contributed by atoms with van der Waals surface area (Å²) in [6.45, 7) is 1.80. The summed E-state index contributed by atoms with van der Waals surface area (Å²) in [7, 11) is 0. The highest BCUT2D eigenvalue weighted by atomic mass is 16.8. The number of esters is 1. The first-order valence-electron chi connectivity index (χ1n) is 5.27. The normalized spacial score (nSPS) is 12.9. The molecule has 17 heavy (non-hydrogen) atoms. The van der Waals surface area contributed by atoms with Crippen molar-refractivity contribution in [2.75, 3.05) is 6.54 Å². The minimum Gasteiger partial charge on any atom is -0.407 e. The van der Waals surface area contributed by atoms with Crippen LogP contribution < -0.4 is 17.2 Å². The van der Waals surface area contributed by atoms with Crippen LogP contribution in [0.1, 0.15) is 26.2 Å². The molecule has 0 spiro atoms. The summed E-state index contributed by atoms with van der Waals surface area (Å²) in [5.41, 5.74) is 15.7. The van der Waals surface area contributed by atoms with Crippen molar-refractivity contribution in [3.63, 3.8) is 0 Å². The molecule has 0 aromatic rings. The number of ether oxygens (including phenoxy) is 1. The number of carbonyl (C=O) groups excluding carboxylic acids is 1. The van der Waals surface area contributed by atoms with Gasteiger partial charge < -0.3 is 32.2 Å². The Balaban J connectivity index is 3.94. The number of guanidine groups is 1. The molecule has 0 rings (SSSR count). The minimum atomic E-state index is -2.46. The van der Waals surface area contributed by atoms with E-state index in [1.165, 1.54) is 6.92 Å². The number of carbonyl (C=O) groups is 1. The molecule has 8 N–H and O–H groups in total. The highest BCUT2D eigenvalue weighted by molar-refractivity contribution is 5.76. The second-order valence-corrected chi connectivity index (χ2v) is 3.57. The average Bonchev–Trinajstić information content (AvgIpc) is 2.23. The van der Waals surface area contributed by atoms with Crippen molar-refractivity contribution in [3.05, 3.63) is 0 Å². The predicted octanol–water partition coefficient (Wildman–Crippen LogP) is -2.04. The van der Waals surface area contributed by atoms with Crippen LogP contribution in [0.5, 0.6) is 0 Å². The molecule has 0 saturated carbocycles. The van der Waals surface area contributed by atoms with Gasteiger partial charge in [0.15, 0.2) is 5.96 Å². The number of hydrogen-bond acceptors (Lipinski definition) is 6. The molecule has 1 atom stereocenters. The first-order chi connectivity index (χ1) is 7.78. The van der Waals surface area contributed by atoms with Crippen LogP contribution in [0.3, 0.4) is 0 Å². The molecule has 0 unspecified atom stereocenters. The molecule has 0 fully saturated rings. The second-order valence-electron chi connectivity index (χ2n) is 3.57. The molecule has 0 aliphatic rings. The summed E-state index contributed by atoms with van der Waals surface area (Å²) in [6, 6.07) is -0.936. The van der Waals surface area contributed by atoms with Gasteiger partial charge in [-0.15, -0.1) is 0 Å². The number of hydrogen-bond donors (Lipinski definition) is 5. The Kier molecular flexibility index (Phi) is 6.47. The first-order valence-corrected chi connectivity index (χ1v) is 5.27. The molecular weight excluding hydrogens is 228 g/mol. The summed E-state index contributed by atoms with van der Waals surface area (Å²) in [4.78, 5) is 15.0. The van der Waals surface area contributed by atoms with Crippen LogP contribution in [0.4, 0.5) is 0 Å². The average molecular weight is 248 g/mol. The molecule has 0 aromatic carbocycles. The number of nitrogens with two attached hydrogens (primary N) is 3. The van der Waals surface area contributed by atoms with E-state index in [0.29, 0.717) is 13.0 Å². The summed E-state index contributed by atoms with van der Waals surface area (Å²) >= 11 is 0. The SMILES string of the molecule is CCC(O)(O)OC(=O)[C@@H](N)CCCN=C(N)N. The molecule has 0 bridgehead atoms. The van der Waals surface area contributed by atoms with Gasteiger partial charge in [0.1, 0.15) is 6.04 Å². The van der Waals surface area contributed by atoms with Crippen molar-refractivity contribution in [1.29, 1.82) is 0 Å². The Morgan fingerprint density at radius 1 is 1.47 bits per heavy atom. The van der Waals surface area contributed by atoms with Crippen molar-refractivity contribution in [1.82, 2.24) is 0 Å². The summed E-state index contributed by atoms with van der Waals surface area (Å²) in [6.07, 6.45) is 0.638. The molecule has 0 heterocycles. The van der Waals surface area contributed by atoms with Gasteiger partial charge in [0.05, 0.1) is 0 Å². The van der Waals surface area contributed by atoms with Crippen molar-refractivity contribution in [3.8, 4) is 0 Å². The fourth-order valence-corrected chi connectivity index (χ4v) is 0.946. The predicted molar refractivity (Wildman–Crippen MR) is 61.4 cm³/mol. The molecule has 0 amide bonds. The second kappa shape index (κ2) is 7.05. The number of rotatable bonds is 7. The lowest BCUT2D eigenvalue weighted by atomic mass is 10.2. The van der Waals surface area contributed by atoms with Crippen LogP contribution in [-0.2, 0) is 9.53 Å². The minimum absolute atomic E-state index is 0.0307. The van der Waals surface area contributed by atoms with E-state index in [0.717, 1.165) is 0 Å². The first kappa shape index (κ1) is 15.6. The van der Waals surface area contributed by atoms with E-state index in [1.54, 1.807) is 0 Å². The zero-order valence-electron chi connectivity index (χ0n) is 9.80. The number of nitrogens with zero attached hydrogens (tertiary/aromatic N) is 1. The molecule has 0 radical (unpaired) electrons. The maximum atomic E-state index is 11.3. The van der Waals surface area contributed by atoms with Crippen molar-refractivity contribution >= 4 is 11.9 Å². The fraction of sp³-hybridized carbons (Fsp3) is 0.778. The van der Waals surface area contributed by atoms with E-state index in [1.807, 2.05) is 0 Å². The summed E-state index contributed by atoms with van der Waals surface area (Å²) < 4.78 is 4.39. The quantitative estimate of drug-likeness (QED) is 0.114. The highest BCUT2D eigenvalue weighted by Crippen LogP contribution is 2.09. The van der Waals surface area contributed by atoms with Gasteiger partial charge in [-0.2, -0.15) is 0 Å². The largest absolute Gasteiger partial charge is 0.407 e. The van der Waals surface area contributed by atoms with Gasteiger partial charge in [0, 0.05) is 13.0 Å².